The van der Waals surface area contributed by atoms with E-state index in [4.69, 9.17) is 9.84 Å². The maximum absolute atomic E-state index is 8.68. The van der Waals surface area contributed by atoms with Gasteiger partial charge < -0.3 is 15.2 Å². The molecule has 2 N–H and O–H groups in total. The number of hydrogen-bond donors (Lipinski definition) is 2. The standard InChI is InChI=1S/C15H25NO2/c1-3-15(16-4-2)13-7-9-14(10-8-13)18-12-6-5-11-17/h7-10,15-17H,3-6,11-12H2,1-2H3. The van der Waals surface area contributed by atoms with Crippen LogP contribution in [0.4, 0.5) is 0 Å². The zero-order valence-corrected chi connectivity index (χ0v) is 11.5. The van der Waals surface area contributed by atoms with Crippen molar-refractivity contribution >= 4 is 0 Å². The smallest absolute Gasteiger partial charge is 0.119 e. The van der Waals surface area contributed by atoms with Gasteiger partial charge in [-0.15, -0.1) is 0 Å². The molecule has 1 aromatic rings. The first-order chi connectivity index (χ1) is 8.81. The summed E-state index contributed by atoms with van der Waals surface area (Å²) in [4.78, 5) is 0. The zero-order chi connectivity index (χ0) is 13.2. The first-order valence-electron chi connectivity index (χ1n) is 6.88. The van der Waals surface area contributed by atoms with Gasteiger partial charge in [-0.1, -0.05) is 26.0 Å². The lowest BCUT2D eigenvalue weighted by molar-refractivity contribution is 0.253. The third kappa shape index (κ3) is 5.07. The second-order valence-corrected chi connectivity index (χ2v) is 4.37. The molecule has 0 saturated carbocycles. The monoisotopic (exact) mass is 251 g/mol. The number of aliphatic hydroxyl groups is 1. The molecule has 0 bridgehead atoms. The Bertz CT molecular complexity index is 311. The Morgan fingerprint density at radius 2 is 1.89 bits per heavy atom. The Labute approximate surface area is 110 Å². The van der Waals surface area contributed by atoms with Gasteiger partial charge in [-0.3, -0.25) is 0 Å². The van der Waals surface area contributed by atoms with E-state index in [1.54, 1.807) is 0 Å². The van der Waals surface area contributed by atoms with Crippen LogP contribution in [0.2, 0.25) is 0 Å². The number of hydrogen-bond acceptors (Lipinski definition) is 3. The number of nitrogens with one attached hydrogen (secondary N) is 1. The highest BCUT2D eigenvalue weighted by molar-refractivity contribution is 5.29. The summed E-state index contributed by atoms with van der Waals surface area (Å²) in [5, 5.41) is 12.1. The van der Waals surface area contributed by atoms with Gasteiger partial charge in [0.15, 0.2) is 0 Å². The summed E-state index contributed by atoms with van der Waals surface area (Å²) >= 11 is 0. The molecule has 1 rings (SSSR count). The molecule has 0 heterocycles. The quantitative estimate of drug-likeness (QED) is 0.663. The molecule has 0 spiro atoms. The SMILES string of the molecule is CCNC(CC)c1ccc(OCCCCO)cc1. The molecule has 0 aromatic heterocycles. The maximum Gasteiger partial charge on any atom is 0.119 e. The van der Waals surface area contributed by atoms with Gasteiger partial charge in [0.1, 0.15) is 5.75 Å². The van der Waals surface area contributed by atoms with Crippen molar-refractivity contribution in [2.24, 2.45) is 0 Å². The molecule has 0 radical (unpaired) electrons. The van der Waals surface area contributed by atoms with E-state index >= 15 is 0 Å². The maximum atomic E-state index is 8.68. The zero-order valence-electron chi connectivity index (χ0n) is 11.5. The van der Waals surface area contributed by atoms with Gasteiger partial charge in [0.2, 0.25) is 0 Å². The van der Waals surface area contributed by atoms with Gasteiger partial charge in [-0.05, 0) is 43.5 Å². The molecule has 0 amide bonds. The van der Waals surface area contributed by atoms with Crippen molar-refractivity contribution in [3.63, 3.8) is 0 Å². The van der Waals surface area contributed by atoms with E-state index in [1.165, 1.54) is 5.56 Å². The predicted molar refractivity (Wildman–Crippen MR) is 75.0 cm³/mol. The summed E-state index contributed by atoms with van der Waals surface area (Å²) in [5.74, 6) is 0.906. The van der Waals surface area contributed by atoms with Gasteiger partial charge in [-0.2, -0.15) is 0 Å². The van der Waals surface area contributed by atoms with Crippen LogP contribution in [0, 0.1) is 0 Å². The third-order valence-electron chi connectivity index (χ3n) is 2.96. The van der Waals surface area contributed by atoms with Crippen molar-refractivity contribution in [1.82, 2.24) is 5.32 Å². The molecular formula is C15H25NO2. The van der Waals surface area contributed by atoms with Gasteiger partial charge in [0.05, 0.1) is 6.61 Å². The topological polar surface area (TPSA) is 41.5 Å². The number of ether oxygens (including phenoxy) is 1. The summed E-state index contributed by atoms with van der Waals surface area (Å²) in [6.45, 7) is 6.21. The minimum absolute atomic E-state index is 0.239. The van der Waals surface area contributed by atoms with E-state index in [-0.39, 0.29) is 6.61 Å². The highest BCUT2D eigenvalue weighted by atomic mass is 16.5. The van der Waals surface area contributed by atoms with Crippen molar-refractivity contribution in [3.8, 4) is 5.75 Å². The summed E-state index contributed by atoms with van der Waals surface area (Å²) in [6.07, 6.45) is 2.79. The fourth-order valence-corrected chi connectivity index (χ4v) is 1.94. The predicted octanol–water partition coefficient (Wildman–Crippen LogP) is 2.90. The summed E-state index contributed by atoms with van der Waals surface area (Å²) < 4.78 is 5.60. The molecular weight excluding hydrogens is 226 g/mol. The van der Waals surface area contributed by atoms with Crippen LogP contribution >= 0.6 is 0 Å². The molecule has 0 fully saturated rings. The number of aliphatic hydroxyl groups excluding tert-OH is 1. The lowest BCUT2D eigenvalue weighted by Gasteiger charge is -2.16. The van der Waals surface area contributed by atoms with Crippen LogP contribution in [-0.4, -0.2) is 24.9 Å². The minimum Gasteiger partial charge on any atom is -0.494 e. The van der Waals surface area contributed by atoms with Crippen molar-refractivity contribution in [1.29, 1.82) is 0 Å². The highest BCUT2D eigenvalue weighted by Crippen LogP contribution is 2.20. The van der Waals surface area contributed by atoms with E-state index < -0.39 is 0 Å². The Balaban J connectivity index is 2.45. The highest BCUT2D eigenvalue weighted by Gasteiger charge is 2.07. The molecule has 1 atom stereocenters. The summed E-state index contributed by atoms with van der Waals surface area (Å²) in [6, 6.07) is 8.72. The Kier molecular flexibility index (Phi) is 7.46. The first kappa shape index (κ1) is 15.0. The Morgan fingerprint density at radius 3 is 2.44 bits per heavy atom. The molecule has 3 nitrogen and oxygen atoms in total. The van der Waals surface area contributed by atoms with Crippen LogP contribution in [0.1, 0.15) is 44.7 Å². The molecule has 18 heavy (non-hydrogen) atoms. The second-order valence-electron chi connectivity index (χ2n) is 4.37. The molecule has 0 aliphatic carbocycles. The van der Waals surface area contributed by atoms with E-state index in [2.05, 4.69) is 31.3 Å². The largest absolute Gasteiger partial charge is 0.494 e. The van der Waals surface area contributed by atoms with Crippen LogP contribution in [0.3, 0.4) is 0 Å². The van der Waals surface area contributed by atoms with Crippen molar-refractivity contribution in [2.45, 2.75) is 39.2 Å². The molecule has 3 heteroatoms. The number of benzene rings is 1. The molecule has 1 unspecified atom stereocenters. The average Bonchev–Trinajstić information content (AvgIpc) is 2.42. The van der Waals surface area contributed by atoms with Gasteiger partial charge in [0.25, 0.3) is 0 Å². The van der Waals surface area contributed by atoms with Gasteiger partial charge in [0, 0.05) is 12.6 Å². The van der Waals surface area contributed by atoms with Crippen molar-refractivity contribution in [3.05, 3.63) is 29.8 Å². The minimum atomic E-state index is 0.239. The second kappa shape index (κ2) is 8.95. The number of rotatable bonds is 9. The van der Waals surface area contributed by atoms with Crippen molar-refractivity contribution < 1.29 is 9.84 Å². The molecule has 102 valence electrons. The fourth-order valence-electron chi connectivity index (χ4n) is 1.94. The molecule has 0 aliphatic heterocycles. The van der Waals surface area contributed by atoms with Gasteiger partial charge >= 0.3 is 0 Å². The fraction of sp³-hybridized carbons (Fsp3) is 0.600. The van der Waals surface area contributed by atoms with Crippen LogP contribution in [0.25, 0.3) is 0 Å². The molecule has 0 aliphatic rings. The van der Waals surface area contributed by atoms with E-state index in [0.29, 0.717) is 12.6 Å². The van der Waals surface area contributed by atoms with Crippen LogP contribution in [-0.2, 0) is 0 Å². The average molecular weight is 251 g/mol. The normalized spacial score (nSPS) is 12.4. The van der Waals surface area contributed by atoms with Crippen molar-refractivity contribution in [2.75, 3.05) is 19.8 Å². The third-order valence-corrected chi connectivity index (χ3v) is 2.96. The van der Waals surface area contributed by atoms with E-state index in [9.17, 15) is 0 Å². The lowest BCUT2D eigenvalue weighted by Crippen LogP contribution is -2.19. The Morgan fingerprint density at radius 1 is 1.17 bits per heavy atom. The van der Waals surface area contributed by atoms with Crippen LogP contribution in [0.15, 0.2) is 24.3 Å². The lowest BCUT2D eigenvalue weighted by atomic mass is 10.0. The summed E-state index contributed by atoms with van der Waals surface area (Å²) in [7, 11) is 0. The molecule has 1 aromatic carbocycles. The van der Waals surface area contributed by atoms with Crippen LogP contribution in [0.5, 0.6) is 5.75 Å². The first-order valence-corrected chi connectivity index (χ1v) is 6.88. The van der Waals surface area contributed by atoms with E-state index in [0.717, 1.165) is 31.6 Å². The Hall–Kier alpha value is -1.06. The van der Waals surface area contributed by atoms with E-state index in [1.807, 2.05) is 12.1 Å². The summed E-state index contributed by atoms with van der Waals surface area (Å²) in [5.41, 5.74) is 1.31. The molecule has 0 saturated heterocycles. The number of unbranched alkanes of at least 4 members (excludes halogenated alkanes) is 1. The van der Waals surface area contributed by atoms with Crippen LogP contribution < -0.4 is 10.1 Å². The van der Waals surface area contributed by atoms with Gasteiger partial charge in [-0.25, -0.2) is 0 Å².